The number of piperidine rings is 1. The molecule has 180 valence electrons. The highest BCUT2D eigenvalue weighted by molar-refractivity contribution is 5.90. The van der Waals surface area contributed by atoms with Crippen molar-refractivity contribution in [3.8, 4) is 0 Å². The van der Waals surface area contributed by atoms with Gasteiger partial charge in [0.05, 0.1) is 0 Å². The molecule has 1 aliphatic heterocycles. The monoisotopic (exact) mass is 449 g/mol. The van der Waals surface area contributed by atoms with Crippen LogP contribution in [-0.4, -0.2) is 41.9 Å². The van der Waals surface area contributed by atoms with Crippen LogP contribution in [0.25, 0.3) is 0 Å². The highest BCUT2D eigenvalue weighted by Crippen LogP contribution is 2.25. The Morgan fingerprint density at radius 1 is 1.21 bits per heavy atom. The van der Waals surface area contributed by atoms with Crippen LogP contribution in [0.1, 0.15) is 70.8 Å². The number of nitrogens with one attached hydrogen (secondary N) is 1. The summed E-state index contributed by atoms with van der Waals surface area (Å²) < 4.78 is 0. The van der Waals surface area contributed by atoms with Gasteiger partial charge in [-0.15, -0.1) is 0 Å². The summed E-state index contributed by atoms with van der Waals surface area (Å²) in [7, 11) is 0. The molecule has 33 heavy (non-hydrogen) atoms. The second kappa shape index (κ2) is 13.4. The van der Waals surface area contributed by atoms with Crippen LogP contribution in [0.3, 0.4) is 0 Å². The van der Waals surface area contributed by atoms with Gasteiger partial charge in [0, 0.05) is 36.6 Å². The summed E-state index contributed by atoms with van der Waals surface area (Å²) in [6.45, 7) is 10.8. The Balaban J connectivity index is 1.47. The van der Waals surface area contributed by atoms with Crippen molar-refractivity contribution in [3.05, 3.63) is 65.5 Å². The SMILES string of the molecule is C/C=C(\CCC)N(CCN1CCC(CC(=O)Nc2ccc(C)cc2)CC1)C1=CC=CCCC1. The fraction of sp³-hybridized carbons (Fsp3) is 0.552. The molecular weight excluding hydrogens is 406 g/mol. The number of likely N-dealkylation sites (tertiary alicyclic amines) is 1. The molecule has 1 fully saturated rings. The van der Waals surface area contributed by atoms with E-state index >= 15 is 0 Å². The van der Waals surface area contributed by atoms with Crippen LogP contribution in [-0.2, 0) is 4.79 Å². The van der Waals surface area contributed by atoms with Gasteiger partial charge in [-0.25, -0.2) is 0 Å². The summed E-state index contributed by atoms with van der Waals surface area (Å²) in [6.07, 6.45) is 17.9. The van der Waals surface area contributed by atoms with E-state index in [1.54, 1.807) is 0 Å². The zero-order chi connectivity index (χ0) is 23.5. The van der Waals surface area contributed by atoms with Gasteiger partial charge in [0.25, 0.3) is 0 Å². The van der Waals surface area contributed by atoms with E-state index in [0.717, 1.165) is 57.5 Å². The van der Waals surface area contributed by atoms with E-state index in [2.05, 4.69) is 60.2 Å². The minimum atomic E-state index is 0.147. The molecule has 4 heteroatoms. The van der Waals surface area contributed by atoms with E-state index in [4.69, 9.17) is 0 Å². The lowest BCUT2D eigenvalue weighted by Gasteiger charge is -2.35. The summed E-state index contributed by atoms with van der Waals surface area (Å²) in [4.78, 5) is 17.7. The number of benzene rings is 1. The molecule has 0 bridgehead atoms. The molecule has 0 atom stereocenters. The first-order chi connectivity index (χ1) is 16.1. The summed E-state index contributed by atoms with van der Waals surface area (Å²) in [6, 6.07) is 8.05. The minimum absolute atomic E-state index is 0.147. The molecule has 0 saturated carbocycles. The average molecular weight is 450 g/mol. The fourth-order valence-electron chi connectivity index (χ4n) is 4.91. The molecule has 0 spiro atoms. The Morgan fingerprint density at radius 2 is 1.97 bits per heavy atom. The number of carbonyl (C=O) groups excluding carboxylic acids is 1. The normalized spacial score (nSPS) is 18.0. The molecule has 1 saturated heterocycles. The number of anilines is 1. The van der Waals surface area contributed by atoms with Gasteiger partial charge in [-0.05, 0) is 89.6 Å². The third kappa shape index (κ3) is 8.19. The molecule has 0 radical (unpaired) electrons. The molecule has 1 aromatic rings. The van der Waals surface area contributed by atoms with Crippen LogP contribution < -0.4 is 5.32 Å². The lowest BCUT2D eigenvalue weighted by molar-refractivity contribution is -0.117. The van der Waals surface area contributed by atoms with Crippen molar-refractivity contribution in [1.82, 2.24) is 9.80 Å². The van der Waals surface area contributed by atoms with E-state index < -0.39 is 0 Å². The molecule has 0 unspecified atom stereocenters. The number of hydrogen-bond donors (Lipinski definition) is 1. The molecule has 1 N–H and O–H groups in total. The van der Waals surface area contributed by atoms with Crippen LogP contribution in [0.4, 0.5) is 5.69 Å². The molecule has 4 nitrogen and oxygen atoms in total. The van der Waals surface area contributed by atoms with Gasteiger partial charge in [-0.2, -0.15) is 0 Å². The molecule has 1 aromatic carbocycles. The van der Waals surface area contributed by atoms with E-state index in [0.29, 0.717) is 12.3 Å². The Bertz CT molecular complexity index is 829. The molecular formula is C29H43N3O. The summed E-state index contributed by atoms with van der Waals surface area (Å²) in [5, 5.41) is 3.06. The Hall–Kier alpha value is -2.33. The molecule has 3 rings (SSSR count). The second-order valence-electron chi connectivity index (χ2n) is 9.56. The largest absolute Gasteiger partial charge is 0.348 e. The highest BCUT2D eigenvalue weighted by atomic mass is 16.1. The predicted octanol–water partition coefficient (Wildman–Crippen LogP) is 6.67. The zero-order valence-corrected chi connectivity index (χ0v) is 21.0. The second-order valence-corrected chi connectivity index (χ2v) is 9.56. The molecule has 1 heterocycles. The van der Waals surface area contributed by atoms with Gasteiger partial charge >= 0.3 is 0 Å². The third-order valence-corrected chi connectivity index (χ3v) is 6.92. The number of amides is 1. The van der Waals surface area contributed by atoms with Gasteiger partial charge < -0.3 is 15.1 Å². The lowest BCUT2D eigenvalue weighted by Crippen LogP contribution is -2.40. The van der Waals surface area contributed by atoms with Crippen molar-refractivity contribution in [3.63, 3.8) is 0 Å². The van der Waals surface area contributed by atoms with E-state index in [-0.39, 0.29) is 5.91 Å². The van der Waals surface area contributed by atoms with Crippen molar-refractivity contribution in [2.45, 2.75) is 72.1 Å². The Kier molecular flexibility index (Phi) is 10.3. The molecule has 0 aromatic heterocycles. The van der Waals surface area contributed by atoms with Crippen LogP contribution in [0, 0.1) is 12.8 Å². The first-order valence-corrected chi connectivity index (χ1v) is 13.0. The minimum Gasteiger partial charge on any atom is -0.348 e. The third-order valence-electron chi connectivity index (χ3n) is 6.92. The summed E-state index contributed by atoms with van der Waals surface area (Å²) in [5.74, 6) is 0.637. The van der Waals surface area contributed by atoms with E-state index in [1.807, 2.05) is 24.3 Å². The maximum absolute atomic E-state index is 12.5. The fourth-order valence-corrected chi connectivity index (χ4v) is 4.91. The number of rotatable bonds is 10. The smallest absolute Gasteiger partial charge is 0.224 e. The van der Waals surface area contributed by atoms with Crippen molar-refractivity contribution in [2.75, 3.05) is 31.5 Å². The van der Waals surface area contributed by atoms with Gasteiger partial charge in [-0.1, -0.05) is 49.3 Å². The van der Waals surface area contributed by atoms with Crippen LogP contribution >= 0.6 is 0 Å². The van der Waals surface area contributed by atoms with E-state index in [9.17, 15) is 4.79 Å². The molecule has 2 aliphatic rings. The average Bonchev–Trinajstić information content (AvgIpc) is 3.10. The van der Waals surface area contributed by atoms with Crippen molar-refractivity contribution >= 4 is 11.6 Å². The Labute approximate surface area is 201 Å². The quantitative estimate of drug-likeness (QED) is 0.433. The first kappa shape index (κ1) is 25.3. The number of nitrogens with zero attached hydrogens (tertiary/aromatic N) is 2. The zero-order valence-electron chi connectivity index (χ0n) is 21.0. The molecule has 1 aliphatic carbocycles. The lowest BCUT2D eigenvalue weighted by atomic mass is 9.93. The topological polar surface area (TPSA) is 35.6 Å². The standard InChI is InChI=1S/C29H43N3O/c1-4-10-27(5-2)32(28-11-8-6-7-9-12-28)22-21-31-19-17-25(18-20-31)23-29(33)30-26-15-13-24(3)14-16-26/h5-6,8,11,13-16,25H,4,7,9-10,12,17-23H2,1-3H3,(H,30,33)/b27-5+. The first-order valence-electron chi connectivity index (χ1n) is 13.0. The van der Waals surface area contributed by atoms with Crippen LogP contribution in [0.15, 0.2) is 60.0 Å². The summed E-state index contributed by atoms with van der Waals surface area (Å²) in [5.41, 5.74) is 5.04. The maximum Gasteiger partial charge on any atom is 0.224 e. The number of allylic oxidation sites excluding steroid dienone is 6. The maximum atomic E-state index is 12.5. The van der Waals surface area contributed by atoms with Crippen molar-refractivity contribution in [2.24, 2.45) is 5.92 Å². The Morgan fingerprint density at radius 3 is 2.67 bits per heavy atom. The number of hydrogen-bond acceptors (Lipinski definition) is 3. The van der Waals surface area contributed by atoms with Gasteiger partial charge in [0.1, 0.15) is 0 Å². The van der Waals surface area contributed by atoms with E-state index in [1.165, 1.54) is 36.2 Å². The van der Waals surface area contributed by atoms with Gasteiger partial charge in [0.15, 0.2) is 0 Å². The molecule has 1 amide bonds. The van der Waals surface area contributed by atoms with Gasteiger partial charge in [-0.3, -0.25) is 4.79 Å². The number of carbonyl (C=O) groups is 1. The number of aryl methyl sites for hydroxylation is 1. The van der Waals surface area contributed by atoms with Crippen molar-refractivity contribution in [1.29, 1.82) is 0 Å². The van der Waals surface area contributed by atoms with Crippen LogP contribution in [0.2, 0.25) is 0 Å². The summed E-state index contributed by atoms with van der Waals surface area (Å²) >= 11 is 0. The van der Waals surface area contributed by atoms with Crippen LogP contribution in [0.5, 0.6) is 0 Å². The highest BCUT2D eigenvalue weighted by Gasteiger charge is 2.23. The predicted molar refractivity (Wildman–Crippen MR) is 140 cm³/mol. The van der Waals surface area contributed by atoms with Gasteiger partial charge in [0.2, 0.25) is 5.91 Å². The van der Waals surface area contributed by atoms with Crippen molar-refractivity contribution < 1.29 is 4.79 Å².